The zero-order chi connectivity index (χ0) is 19.8. The first kappa shape index (κ1) is 20.5. The van der Waals surface area contributed by atoms with E-state index in [4.69, 9.17) is 4.74 Å². The summed E-state index contributed by atoms with van der Waals surface area (Å²) in [6, 6.07) is 5.18. The first-order chi connectivity index (χ1) is 12.9. The van der Waals surface area contributed by atoms with Crippen LogP contribution >= 0.6 is 0 Å². The monoisotopic (exact) mass is 373 g/mol. The van der Waals surface area contributed by atoms with Gasteiger partial charge in [0.2, 0.25) is 5.91 Å². The summed E-state index contributed by atoms with van der Waals surface area (Å²) in [7, 11) is 0. The molecular weight excluding hydrogens is 346 g/mol. The van der Waals surface area contributed by atoms with Crippen molar-refractivity contribution in [3.63, 3.8) is 0 Å². The molecule has 1 saturated heterocycles. The normalized spacial score (nSPS) is 16.6. The Balaban J connectivity index is 1.99. The molecule has 0 aliphatic carbocycles. The molecule has 1 aromatic carbocycles. The molecule has 3 N–H and O–H groups in total. The van der Waals surface area contributed by atoms with Gasteiger partial charge in [0.1, 0.15) is 5.70 Å². The Hall–Kier alpha value is -2.83. The number of urea groups is 1. The maximum atomic E-state index is 12.3. The number of amides is 3. The van der Waals surface area contributed by atoms with Crippen molar-refractivity contribution in [3.8, 4) is 0 Å². The first-order valence-electron chi connectivity index (χ1n) is 9.20. The van der Waals surface area contributed by atoms with Gasteiger partial charge in [-0.3, -0.25) is 4.79 Å². The van der Waals surface area contributed by atoms with E-state index in [1.807, 2.05) is 32.0 Å². The molecule has 1 aliphatic heterocycles. The second kappa shape index (κ2) is 9.75. The van der Waals surface area contributed by atoms with Crippen molar-refractivity contribution in [2.24, 2.45) is 5.92 Å². The molecule has 0 aromatic heterocycles. The number of ether oxygens (including phenoxy) is 1. The topological polar surface area (TPSA) is 96.5 Å². The van der Waals surface area contributed by atoms with Gasteiger partial charge in [-0.1, -0.05) is 12.1 Å². The lowest BCUT2D eigenvalue weighted by Crippen LogP contribution is -2.32. The molecule has 7 nitrogen and oxygen atoms in total. The van der Waals surface area contributed by atoms with Crippen LogP contribution in [0.3, 0.4) is 0 Å². The summed E-state index contributed by atoms with van der Waals surface area (Å²) in [6.45, 7) is 6.49. The number of aryl methyl sites for hydroxylation is 2. The van der Waals surface area contributed by atoms with Gasteiger partial charge < -0.3 is 20.7 Å². The Morgan fingerprint density at radius 2 is 1.96 bits per heavy atom. The van der Waals surface area contributed by atoms with Crippen molar-refractivity contribution in [2.75, 3.05) is 18.5 Å². The van der Waals surface area contributed by atoms with Gasteiger partial charge in [0.25, 0.3) is 0 Å². The van der Waals surface area contributed by atoms with Gasteiger partial charge in [-0.15, -0.1) is 0 Å². The van der Waals surface area contributed by atoms with E-state index in [1.54, 1.807) is 13.0 Å². The number of hydrogen-bond donors (Lipinski definition) is 3. The number of hydrogen-bond acceptors (Lipinski definition) is 4. The van der Waals surface area contributed by atoms with Crippen molar-refractivity contribution in [1.29, 1.82) is 0 Å². The van der Waals surface area contributed by atoms with E-state index in [-0.39, 0.29) is 24.1 Å². The highest BCUT2D eigenvalue weighted by Gasteiger charge is 2.23. The molecule has 27 heavy (non-hydrogen) atoms. The van der Waals surface area contributed by atoms with E-state index in [9.17, 15) is 14.4 Å². The number of benzene rings is 1. The van der Waals surface area contributed by atoms with Crippen LogP contribution in [0.2, 0.25) is 0 Å². The fraction of sp³-hybridized carbons (Fsp3) is 0.450. The predicted molar refractivity (Wildman–Crippen MR) is 103 cm³/mol. The van der Waals surface area contributed by atoms with Gasteiger partial charge in [-0.25, -0.2) is 9.59 Å². The van der Waals surface area contributed by atoms with Gasteiger partial charge >= 0.3 is 12.0 Å². The molecule has 0 unspecified atom stereocenters. The molecule has 1 aromatic rings. The molecule has 1 aliphatic rings. The number of allylic oxidation sites excluding steroid dienone is 1. The molecule has 0 spiro atoms. The maximum absolute atomic E-state index is 12.3. The lowest BCUT2D eigenvalue weighted by atomic mass is 10.0. The van der Waals surface area contributed by atoms with Crippen LogP contribution in [0.25, 0.3) is 0 Å². The molecule has 7 heteroatoms. The van der Waals surface area contributed by atoms with Crippen molar-refractivity contribution >= 4 is 23.6 Å². The third kappa shape index (κ3) is 6.44. The third-order valence-electron chi connectivity index (χ3n) is 4.25. The van der Waals surface area contributed by atoms with E-state index in [0.717, 1.165) is 17.5 Å². The maximum Gasteiger partial charge on any atom is 0.354 e. The molecule has 2 rings (SSSR count). The molecular formula is C20H27N3O4. The number of rotatable bonds is 7. The second-order valence-electron chi connectivity index (χ2n) is 6.65. The van der Waals surface area contributed by atoms with Crippen LogP contribution in [0.5, 0.6) is 0 Å². The SMILES string of the molecule is CCOC(=O)C(=CCC[C@H]1CCNC1=O)NC(=O)Nc1cc(C)cc(C)c1. The van der Waals surface area contributed by atoms with Crippen LogP contribution in [0.4, 0.5) is 10.5 Å². The van der Waals surface area contributed by atoms with Gasteiger partial charge in [0.05, 0.1) is 6.61 Å². The second-order valence-corrected chi connectivity index (χ2v) is 6.65. The highest BCUT2D eigenvalue weighted by molar-refractivity contribution is 5.98. The zero-order valence-electron chi connectivity index (χ0n) is 16.1. The van der Waals surface area contributed by atoms with Crippen LogP contribution < -0.4 is 16.0 Å². The lowest BCUT2D eigenvalue weighted by Gasteiger charge is -2.12. The minimum absolute atomic E-state index is 0.0432. The fourth-order valence-corrected chi connectivity index (χ4v) is 3.08. The third-order valence-corrected chi connectivity index (χ3v) is 4.25. The van der Waals surface area contributed by atoms with Crippen LogP contribution in [0.1, 0.15) is 37.3 Å². The Labute approximate surface area is 159 Å². The summed E-state index contributed by atoms with van der Waals surface area (Å²) in [5.74, 6) is -0.598. The number of nitrogens with one attached hydrogen (secondary N) is 3. The van der Waals surface area contributed by atoms with Gasteiger partial charge in [0, 0.05) is 18.2 Å². The molecule has 0 saturated carbocycles. The fourth-order valence-electron chi connectivity index (χ4n) is 3.08. The van der Waals surface area contributed by atoms with E-state index >= 15 is 0 Å². The van der Waals surface area contributed by atoms with Gasteiger partial charge in [-0.2, -0.15) is 0 Å². The smallest absolute Gasteiger partial charge is 0.354 e. The molecule has 1 fully saturated rings. The summed E-state index contributed by atoms with van der Waals surface area (Å²) >= 11 is 0. The quantitative estimate of drug-likeness (QED) is 0.506. The molecule has 1 heterocycles. The van der Waals surface area contributed by atoms with E-state index < -0.39 is 12.0 Å². The molecule has 0 radical (unpaired) electrons. The standard InChI is InChI=1S/C20H27N3O4/c1-4-27-19(25)17(7-5-6-15-8-9-21-18(15)24)23-20(26)22-16-11-13(2)10-14(3)12-16/h7,10-12,15H,4-6,8-9H2,1-3H3,(H,21,24)(H2,22,23,26)/t15-/m0/s1. The largest absolute Gasteiger partial charge is 0.461 e. The first-order valence-corrected chi connectivity index (χ1v) is 9.20. The summed E-state index contributed by atoms with van der Waals surface area (Å²) in [6.07, 6.45) is 3.53. The Kier molecular flexibility index (Phi) is 7.40. The lowest BCUT2D eigenvalue weighted by molar-refractivity contribution is -0.138. The van der Waals surface area contributed by atoms with Crippen LogP contribution in [-0.4, -0.2) is 31.1 Å². The Bertz CT molecular complexity index is 722. The van der Waals surface area contributed by atoms with Crippen LogP contribution in [0, 0.1) is 19.8 Å². The van der Waals surface area contributed by atoms with Crippen molar-refractivity contribution < 1.29 is 19.1 Å². The highest BCUT2D eigenvalue weighted by Crippen LogP contribution is 2.17. The molecule has 0 bridgehead atoms. The van der Waals surface area contributed by atoms with E-state index in [1.165, 1.54) is 0 Å². The predicted octanol–water partition coefficient (Wildman–Crippen LogP) is 2.79. The molecule has 3 amide bonds. The van der Waals surface area contributed by atoms with Gasteiger partial charge in [-0.05, 0) is 63.3 Å². The van der Waals surface area contributed by atoms with E-state index in [2.05, 4.69) is 16.0 Å². The van der Waals surface area contributed by atoms with E-state index in [0.29, 0.717) is 25.1 Å². The van der Waals surface area contributed by atoms with Crippen molar-refractivity contribution in [2.45, 2.75) is 40.0 Å². The molecule has 146 valence electrons. The number of anilines is 1. The minimum Gasteiger partial charge on any atom is -0.461 e. The summed E-state index contributed by atoms with van der Waals surface area (Å²) in [5.41, 5.74) is 2.79. The minimum atomic E-state index is -0.594. The average Bonchev–Trinajstić information content (AvgIpc) is 2.98. The Morgan fingerprint density at radius 3 is 2.56 bits per heavy atom. The highest BCUT2D eigenvalue weighted by atomic mass is 16.5. The van der Waals surface area contributed by atoms with Crippen molar-refractivity contribution in [3.05, 3.63) is 41.1 Å². The van der Waals surface area contributed by atoms with Crippen LogP contribution in [-0.2, 0) is 14.3 Å². The summed E-state index contributed by atoms with van der Waals surface area (Å²) in [5, 5.41) is 8.08. The number of carbonyl (C=O) groups is 3. The number of carbonyl (C=O) groups excluding carboxylic acids is 3. The molecule has 1 atom stereocenters. The zero-order valence-corrected chi connectivity index (χ0v) is 16.1. The van der Waals surface area contributed by atoms with Gasteiger partial charge in [0.15, 0.2) is 0 Å². The van der Waals surface area contributed by atoms with Crippen LogP contribution in [0.15, 0.2) is 30.0 Å². The van der Waals surface area contributed by atoms with Crippen molar-refractivity contribution in [1.82, 2.24) is 10.6 Å². The average molecular weight is 373 g/mol. The summed E-state index contributed by atoms with van der Waals surface area (Å²) in [4.78, 5) is 36.0. The Morgan fingerprint density at radius 1 is 1.26 bits per heavy atom. The number of esters is 1. The summed E-state index contributed by atoms with van der Waals surface area (Å²) < 4.78 is 5.01.